The number of para-hydroxylation sites is 1. The number of halogens is 1. The summed E-state index contributed by atoms with van der Waals surface area (Å²) in [5, 5.41) is 6.82. The van der Waals surface area contributed by atoms with Gasteiger partial charge in [0.05, 0.1) is 29.9 Å². The van der Waals surface area contributed by atoms with Crippen LogP contribution in [0.5, 0.6) is 5.75 Å². The number of sulfonamides is 1. The summed E-state index contributed by atoms with van der Waals surface area (Å²) in [6.07, 6.45) is 2.28. The van der Waals surface area contributed by atoms with Crippen LogP contribution in [0.4, 0.5) is 5.69 Å². The third-order valence-electron chi connectivity index (χ3n) is 6.04. The third-order valence-corrected chi connectivity index (χ3v) is 8.01. The highest BCUT2D eigenvalue weighted by Crippen LogP contribution is 2.31. The van der Waals surface area contributed by atoms with Gasteiger partial charge in [0.1, 0.15) is 5.75 Å². The standard InChI is InChI=1S/C30H30BrN3O3S/c1-23-11-17-29(18-12-23)38(35,36)33-20-19-30(25-7-6-8-26(31)21-25)34(27-9-4-3-5-10-27)32-22-24-13-15-28(37-2)16-14-24/h3-18,21-22,30,33H,19-20H2,1-2H3/b32-22+. The molecule has 0 bridgehead atoms. The third kappa shape index (κ3) is 7.31. The first-order chi connectivity index (χ1) is 18.4. The predicted molar refractivity (Wildman–Crippen MR) is 157 cm³/mol. The SMILES string of the molecule is COc1ccc(/C=N/N(c2ccccc2)C(CCNS(=O)(=O)c2ccc(C)cc2)c2cccc(Br)c2)cc1. The average Bonchev–Trinajstić information content (AvgIpc) is 2.93. The molecule has 1 atom stereocenters. The lowest BCUT2D eigenvalue weighted by atomic mass is 10.0. The molecule has 196 valence electrons. The van der Waals surface area contributed by atoms with Crippen molar-refractivity contribution in [1.29, 1.82) is 0 Å². The molecule has 6 nitrogen and oxygen atoms in total. The van der Waals surface area contributed by atoms with E-state index in [1.54, 1.807) is 37.6 Å². The Morgan fingerprint density at radius 2 is 1.66 bits per heavy atom. The van der Waals surface area contributed by atoms with E-state index in [-0.39, 0.29) is 17.5 Å². The summed E-state index contributed by atoms with van der Waals surface area (Å²) in [6, 6.07) is 32.1. The van der Waals surface area contributed by atoms with Crippen molar-refractivity contribution in [3.05, 3.63) is 124 Å². The number of rotatable bonds is 11. The topological polar surface area (TPSA) is 71.0 Å². The number of hydrogen-bond acceptors (Lipinski definition) is 5. The van der Waals surface area contributed by atoms with Gasteiger partial charge >= 0.3 is 0 Å². The molecule has 1 unspecified atom stereocenters. The van der Waals surface area contributed by atoms with E-state index in [0.717, 1.165) is 32.6 Å². The fraction of sp³-hybridized carbons (Fsp3) is 0.167. The van der Waals surface area contributed by atoms with Crippen LogP contribution in [-0.2, 0) is 10.0 Å². The van der Waals surface area contributed by atoms with Gasteiger partial charge in [0.25, 0.3) is 0 Å². The second-order valence-corrected chi connectivity index (χ2v) is 11.5. The van der Waals surface area contributed by atoms with Crippen molar-refractivity contribution in [3.8, 4) is 5.75 Å². The van der Waals surface area contributed by atoms with E-state index in [9.17, 15) is 8.42 Å². The van der Waals surface area contributed by atoms with E-state index in [2.05, 4.69) is 20.7 Å². The summed E-state index contributed by atoms with van der Waals surface area (Å²) in [4.78, 5) is 0.250. The molecular formula is C30H30BrN3O3S. The Morgan fingerprint density at radius 3 is 2.32 bits per heavy atom. The van der Waals surface area contributed by atoms with Gasteiger partial charge in [0.2, 0.25) is 10.0 Å². The Bertz CT molecular complexity index is 1460. The van der Waals surface area contributed by atoms with Gasteiger partial charge in [-0.05, 0) is 85.1 Å². The monoisotopic (exact) mass is 591 g/mol. The zero-order valence-corrected chi connectivity index (χ0v) is 23.7. The first-order valence-corrected chi connectivity index (χ1v) is 14.5. The van der Waals surface area contributed by atoms with Crippen molar-refractivity contribution in [3.63, 3.8) is 0 Å². The molecule has 4 aromatic rings. The van der Waals surface area contributed by atoms with Crippen LogP contribution in [0.1, 0.15) is 29.2 Å². The zero-order chi connectivity index (χ0) is 27.0. The largest absolute Gasteiger partial charge is 0.497 e. The predicted octanol–water partition coefficient (Wildman–Crippen LogP) is 6.72. The second-order valence-electron chi connectivity index (χ2n) is 8.77. The van der Waals surface area contributed by atoms with Gasteiger partial charge in [-0.25, -0.2) is 13.1 Å². The summed E-state index contributed by atoms with van der Waals surface area (Å²) in [5.74, 6) is 0.773. The van der Waals surface area contributed by atoms with Crippen LogP contribution in [0.15, 0.2) is 118 Å². The van der Waals surface area contributed by atoms with Crippen molar-refractivity contribution in [1.82, 2.24) is 4.72 Å². The first kappa shape index (κ1) is 27.6. The molecule has 0 fully saturated rings. The van der Waals surface area contributed by atoms with Crippen molar-refractivity contribution < 1.29 is 13.2 Å². The minimum atomic E-state index is -3.64. The Labute approximate surface area is 233 Å². The minimum absolute atomic E-state index is 0.231. The van der Waals surface area contributed by atoms with Crippen LogP contribution in [-0.4, -0.2) is 28.3 Å². The van der Waals surface area contributed by atoms with Crippen molar-refractivity contribution in [2.24, 2.45) is 5.10 Å². The van der Waals surface area contributed by atoms with E-state index in [4.69, 9.17) is 9.84 Å². The van der Waals surface area contributed by atoms with Crippen LogP contribution in [0.3, 0.4) is 0 Å². The summed E-state index contributed by atoms with van der Waals surface area (Å²) in [6.45, 7) is 2.16. The normalized spacial score (nSPS) is 12.4. The van der Waals surface area contributed by atoms with E-state index in [1.807, 2.05) is 90.8 Å². The first-order valence-electron chi connectivity index (χ1n) is 12.2. The number of ether oxygens (including phenoxy) is 1. The lowest BCUT2D eigenvalue weighted by molar-refractivity contribution is 0.415. The second kappa shape index (κ2) is 12.9. The molecule has 0 radical (unpaired) electrons. The molecule has 0 saturated carbocycles. The molecule has 4 aromatic carbocycles. The molecule has 0 aliphatic carbocycles. The highest BCUT2D eigenvalue weighted by Gasteiger charge is 2.22. The highest BCUT2D eigenvalue weighted by molar-refractivity contribution is 9.10. The Morgan fingerprint density at radius 1 is 0.947 bits per heavy atom. The highest BCUT2D eigenvalue weighted by atomic mass is 79.9. The lowest BCUT2D eigenvalue weighted by Crippen LogP contribution is -2.30. The number of benzene rings is 4. The zero-order valence-electron chi connectivity index (χ0n) is 21.3. The number of nitrogens with zero attached hydrogens (tertiary/aromatic N) is 2. The Kier molecular flexibility index (Phi) is 9.33. The molecule has 8 heteroatoms. The fourth-order valence-corrected chi connectivity index (χ4v) is 5.47. The summed E-state index contributed by atoms with van der Waals surface area (Å²) >= 11 is 3.58. The van der Waals surface area contributed by atoms with Crippen LogP contribution in [0.2, 0.25) is 0 Å². The molecule has 4 rings (SSSR count). The van der Waals surface area contributed by atoms with Crippen molar-refractivity contribution in [2.75, 3.05) is 18.7 Å². The Balaban J connectivity index is 1.64. The number of hydrazone groups is 1. The number of anilines is 1. The van der Waals surface area contributed by atoms with Crippen LogP contribution >= 0.6 is 15.9 Å². The molecule has 0 spiro atoms. The quantitative estimate of drug-likeness (QED) is 0.155. The maximum absolute atomic E-state index is 12.9. The molecule has 0 aliphatic heterocycles. The van der Waals surface area contributed by atoms with Crippen LogP contribution < -0.4 is 14.5 Å². The average molecular weight is 593 g/mol. The molecule has 0 aromatic heterocycles. The van der Waals surface area contributed by atoms with Gasteiger partial charge in [-0.15, -0.1) is 0 Å². The molecular weight excluding hydrogens is 562 g/mol. The maximum Gasteiger partial charge on any atom is 0.240 e. The van der Waals surface area contributed by atoms with Gasteiger partial charge in [0, 0.05) is 11.0 Å². The number of aryl methyl sites for hydroxylation is 1. The van der Waals surface area contributed by atoms with Crippen LogP contribution in [0, 0.1) is 6.92 Å². The summed E-state index contributed by atoms with van der Waals surface area (Å²) < 4.78 is 34.9. The van der Waals surface area contributed by atoms with Gasteiger partial charge in [0.15, 0.2) is 0 Å². The van der Waals surface area contributed by atoms with E-state index >= 15 is 0 Å². The molecule has 38 heavy (non-hydrogen) atoms. The molecule has 0 saturated heterocycles. The number of methoxy groups -OCH3 is 1. The Hall–Kier alpha value is -3.46. The maximum atomic E-state index is 12.9. The number of nitrogens with one attached hydrogen (secondary N) is 1. The van der Waals surface area contributed by atoms with Gasteiger partial charge in [-0.3, -0.25) is 5.01 Å². The van der Waals surface area contributed by atoms with Crippen molar-refractivity contribution in [2.45, 2.75) is 24.3 Å². The smallest absolute Gasteiger partial charge is 0.240 e. The van der Waals surface area contributed by atoms with Crippen LogP contribution in [0.25, 0.3) is 0 Å². The van der Waals surface area contributed by atoms with E-state index in [0.29, 0.717) is 6.42 Å². The van der Waals surface area contributed by atoms with Gasteiger partial charge < -0.3 is 4.74 Å². The summed E-state index contributed by atoms with van der Waals surface area (Å²) in [7, 11) is -2.01. The summed E-state index contributed by atoms with van der Waals surface area (Å²) in [5.41, 5.74) is 3.82. The molecule has 1 N–H and O–H groups in total. The van der Waals surface area contributed by atoms with E-state index < -0.39 is 10.0 Å². The van der Waals surface area contributed by atoms with Gasteiger partial charge in [-0.2, -0.15) is 5.10 Å². The molecule has 0 amide bonds. The van der Waals surface area contributed by atoms with Crippen molar-refractivity contribution >= 4 is 37.9 Å². The lowest BCUT2D eigenvalue weighted by Gasteiger charge is -2.30. The minimum Gasteiger partial charge on any atom is -0.497 e. The molecule has 0 aliphatic rings. The molecule has 0 heterocycles. The van der Waals surface area contributed by atoms with Gasteiger partial charge in [-0.1, -0.05) is 64.0 Å². The van der Waals surface area contributed by atoms with E-state index in [1.165, 1.54) is 0 Å². The number of hydrogen-bond donors (Lipinski definition) is 1. The fourth-order valence-electron chi connectivity index (χ4n) is 4.00.